The number of methoxy groups -OCH3 is 1. The maximum Gasteiger partial charge on any atom is 0.694 e. The SMILES string of the molecule is CCCC.COC(C)n1cnc2c1c(=O)n(CCCCCO[P+](=O)O)c(=O)n2C. The second kappa shape index (κ2) is 12.6. The lowest BCUT2D eigenvalue weighted by atomic mass is 10.2. The summed E-state index contributed by atoms with van der Waals surface area (Å²) in [4.78, 5) is 37.9. The summed E-state index contributed by atoms with van der Waals surface area (Å²) in [5, 5.41) is 0. The Bertz CT molecular complexity index is 902. The predicted molar refractivity (Wildman–Crippen MR) is 111 cm³/mol. The minimum absolute atomic E-state index is 0.162. The van der Waals surface area contributed by atoms with Gasteiger partial charge in [-0.1, -0.05) is 26.7 Å². The minimum Gasteiger partial charge on any atom is -0.362 e. The smallest absolute Gasteiger partial charge is 0.362 e. The van der Waals surface area contributed by atoms with Gasteiger partial charge in [-0.2, -0.15) is 0 Å². The molecule has 0 aliphatic heterocycles. The lowest BCUT2D eigenvalue weighted by molar-refractivity contribution is 0.0635. The molecule has 0 bridgehead atoms. The number of aromatic nitrogens is 4. The van der Waals surface area contributed by atoms with Crippen LogP contribution in [-0.4, -0.2) is 37.3 Å². The fourth-order valence-electron chi connectivity index (χ4n) is 2.57. The van der Waals surface area contributed by atoms with Crippen LogP contribution >= 0.6 is 8.25 Å². The van der Waals surface area contributed by atoms with Crippen molar-refractivity contribution in [3.8, 4) is 0 Å². The second-order valence-electron chi connectivity index (χ2n) is 6.59. The van der Waals surface area contributed by atoms with Gasteiger partial charge in [-0.15, -0.1) is 9.42 Å². The average Bonchev–Trinajstić information content (AvgIpc) is 3.15. The number of imidazole rings is 1. The van der Waals surface area contributed by atoms with E-state index in [2.05, 4.69) is 23.4 Å². The molecule has 2 aromatic rings. The van der Waals surface area contributed by atoms with Gasteiger partial charge in [-0.05, 0) is 26.2 Å². The molecule has 164 valence electrons. The van der Waals surface area contributed by atoms with Crippen molar-refractivity contribution in [2.24, 2.45) is 7.05 Å². The lowest BCUT2D eigenvalue weighted by Gasteiger charge is -2.13. The van der Waals surface area contributed by atoms with Crippen LogP contribution in [0.25, 0.3) is 11.2 Å². The van der Waals surface area contributed by atoms with E-state index in [4.69, 9.17) is 9.63 Å². The summed E-state index contributed by atoms with van der Waals surface area (Å²) in [6.07, 6.45) is 5.53. The number of nitrogens with zero attached hydrogens (tertiary/aromatic N) is 4. The van der Waals surface area contributed by atoms with Crippen molar-refractivity contribution in [2.45, 2.75) is 65.6 Å². The van der Waals surface area contributed by atoms with Crippen molar-refractivity contribution in [3.05, 3.63) is 27.2 Å². The molecule has 29 heavy (non-hydrogen) atoms. The van der Waals surface area contributed by atoms with E-state index in [1.165, 1.54) is 35.4 Å². The highest BCUT2D eigenvalue weighted by Crippen LogP contribution is 2.15. The topological polar surface area (TPSA) is 118 Å². The van der Waals surface area contributed by atoms with E-state index in [1.807, 2.05) is 0 Å². The monoisotopic (exact) mass is 431 g/mol. The van der Waals surface area contributed by atoms with Crippen LogP contribution < -0.4 is 11.2 Å². The van der Waals surface area contributed by atoms with E-state index < -0.39 is 19.5 Å². The molecule has 10 nitrogen and oxygen atoms in total. The molecule has 2 unspecified atom stereocenters. The number of aryl methyl sites for hydroxylation is 1. The third-order valence-corrected chi connectivity index (χ3v) is 4.92. The predicted octanol–water partition coefficient (Wildman–Crippen LogP) is 2.70. The van der Waals surface area contributed by atoms with Crippen LogP contribution in [0.1, 0.15) is 59.1 Å². The molecule has 11 heteroatoms. The van der Waals surface area contributed by atoms with Crippen LogP contribution in [0.4, 0.5) is 0 Å². The summed E-state index contributed by atoms with van der Waals surface area (Å²) in [5.41, 5.74) is -0.205. The Kier molecular flexibility index (Phi) is 11.0. The van der Waals surface area contributed by atoms with E-state index in [-0.39, 0.29) is 19.4 Å². The van der Waals surface area contributed by atoms with Gasteiger partial charge in [0.1, 0.15) is 12.8 Å². The molecule has 0 amide bonds. The van der Waals surface area contributed by atoms with Gasteiger partial charge in [0.05, 0.1) is 6.33 Å². The quantitative estimate of drug-likeness (QED) is 0.454. The lowest BCUT2D eigenvalue weighted by Crippen LogP contribution is -2.39. The molecular weight excluding hydrogens is 399 g/mol. The number of hydrogen-bond donors (Lipinski definition) is 1. The first-order valence-electron chi connectivity index (χ1n) is 9.78. The van der Waals surface area contributed by atoms with Crippen molar-refractivity contribution in [2.75, 3.05) is 13.7 Å². The van der Waals surface area contributed by atoms with E-state index in [0.717, 1.165) is 0 Å². The Morgan fingerprint density at radius 2 is 1.86 bits per heavy atom. The number of ether oxygens (including phenoxy) is 1. The zero-order chi connectivity index (χ0) is 22.0. The fourth-order valence-corrected chi connectivity index (χ4v) is 2.85. The van der Waals surface area contributed by atoms with Crippen molar-refractivity contribution in [3.63, 3.8) is 0 Å². The van der Waals surface area contributed by atoms with Crippen LogP contribution in [0.15, 0.2) is 15.9 Å². The first-order valence-corrected chi connectivity index (χ1v) is 10.9. The van der Waals surface area contributed by atoms with Crippen molar-refractivity contribution in [1.29, 1.82) is 0 Å². The molecule has 2 aromatic heterocycles. The molecular formula is C18H32N4O6P+. The van der Waals surface area contributed by atoms with Gasteiger partial charge in [-0.25, -0.2) is 9.78 Å². The van der Waals surface area contributed by atoms with Crippen LogP contribution in [0.2, 0.25) is 0 Å². The molecule has 0 aromatic carbocycles. The van der Waals surface area contributed by atoms with Gasteiger partial charge in [0, 0.05) is 25.3 Å². The molecule has 0 spiro atoms. The first-order chi connectivity index (χ1) is 13.8. The van der Waals surface area contributed by atoms with Crippen LogP contribution in [0.3, 0.4) is 0 Å². The third-order valence-electron chi connectivity index (χ3n) is 4.52. The minimum atomic E-state index is -2.59. The van der Waals surface area contributed by atoms with Crippen molar-refractivity contribution >= 4 is 19.4 Å². The summed E-state index contributed by atoms with van der Waals surface area (Å²) in [6, 6.07) is 0. The van der Waals surface area contributed by atoms with Gasteiger partial charge >= 0.3 is 13.9 Å². The largest absolute Gasteiger partial charge is 0.694 e. The summed E-state index contributed by atoms with van der Waals surface area (Å²) in [5.74, 6) is 0. The molecule has 0 aliphatic rings. The van der Waals surface area contributed by atoms with E-state index in [9.17, 15) is 14.2 Å². The van der Waals surface area contributed by atoms with E-state index in [1.54, 1.807) is 18.5 Å². The van der Waals surface area contributed by atoms with Gasteiger partial charge in [0.25, 0.3) is 5.56 Å². The zero-order valence-corrected chi connectivity index (χ0v) is 18.7. The van der Waals surface area contributed by atoms with E-state index in [0.29, 0.717) is 30.4 Å². The molecule has 0 radical (unpaired) electrons. The summed E-state index contributed by atoms with van der Waals surface area (Å²) < 4.78 is 24.3. The Balaban J connectivity index is 0.000000960. The molecule has 2 rings (SSSR count). The van der Waals surface area contributed by atoms with E-state index >= 15 is 0 Å². The van der Waals surface area contributed by atoms with Crippen LogP contribution in [0.5, 0.6) is 0 Å². The molecule has 2 heterocycles. The molecule has 0 saturated carbocycles. The fraction of sp³-hybridized carbons (Fsp3) is 0.722. The van der Waals surface area contributed by atoms with Gasteiger partial charge < -0.3 is 4.74 Å². The molecule has 0 saturated heterocycles. The molecule has 1 N–H and O–H groups in total. The highest BCUT2D eigenvalue weighted by atomic mass is 31.1. The number of unbranched alkanes of at least 4 members (excludes halogenated alkanes) is 3. The highest BCUT2D eigenvalue weighted by molar-refractivity contribution is 7.32. The Hall–Kier alpha value is -1.87. The van der Waals surface area contributed by atoms with Gasteiger partial charge in [-0.3, -0.25) is 18.5 Å². The number of fused-ring (bicyclic) bond motifs is 1. The Morgan fingerprint density at radius 1 is 1.21 bits per heavy atom. The molecule has 0 aliphatic carbocycles. The van der Waals surface area contributed by atoms with Crippen LogP contribution in [-0.2, 0) is 27.4 Å². The zero-order valence-electron chi connectivity index (χ0n) is 17.8. The van der Waals surface area contributed by atoms with Crippen molar-refractivity contribution < 1.29 is 18.7 Å². The standard InChI is InChI=1S/C14H21N4O6P.C4H10/c1-10(23-3)18-9-15-12-11(18)13(19)17(14(20)16(12)2)7-5-4-6-8-24-25(21)22;1-3-4-2/h9-10H,4-8H2,1-3H3;3-4H2,1-2H3/p+1. The summed E-state index contributed by atoms with van der Waals surface area (Å²) in [6.45, 7) is 6.55. The highest BCUT2D eigenvalue weighted by Gasteiger charge is 2.18. The normalized spacial score (nSPS) is 12.6. The van der Waals surface area contributed by atoms with Crippen LogP contribution in [0, 0.1) is 0 Å². The Morgan fingerprint density at radius 3 is 2.41 bits per heavy atom. The van der Waals surface area contributed by atoms with Crippen molar-refractivity contribution in [1.82, 2.24) is 18.7 Å². The second-order valence-corrected chi connectivity index (χ2v) is 7.32. The number of rotatable bonds is 10. The molecule has 0 fully saturated rings. The number of hydrogen-bond acceptors (Lipinski definition) is 6. The molecule has 2 atom stereocenters. The average molecular weight is 431 g/mol. The Labute approximate surface area is 171 Å². The maximum atomic E-state index is 12.7. The summed E-state index contributed by atoms with van der Waals surface area (Å²) >= 11 is 0. The first kappa shape index (κ1) is 25.2. The summed E-state index contributed by atoms with van der Waals surface area (Å²) in [7, 11) is 0.511. The van der Waals surface area contributed by atoms with Gasteiger partial charge in [0.15, 0.2) is 11.2 Å². The van der Waals surface area contributed by atoms with Gasteiger partial charge in [0.2, 0.25) is 0 Å². The maximum absolute atomic E-state index is 12.7. The third kappa shape index (κ3) is 6.85.